The Labute approximate surface area is 87.4 Å². The Bertz CT molecular complexity index is 127. The SMILES string of the molecule is COCC[C@@H]1CCCN(CCOC)C1. The zero-order valence-corrected chi connectivity index (χ0v) is 9.50. The fourth-order valence-electron chi connectivity index (χ4n) is 2.09. The van der Waals surface area contributed by atoms with E-state index in [0.717, 1.165) is 25.7 Å². The van der Waals surface area contributed by atoms with E-state index in [4.69, 9.17) is 9.47 Å². The molecule has 1 aliphatic rings. The summed E-state index contributed by atoms with van der Waals surface area (Å²) < 4.78 is 10.2. The van der Waals surface area contributed by atoms with Crippen molar-refractivity contribution in [2.75, 3.05) is 47.1 Å². The molecule has 0 aliphatic carbocycles. The van der Waals surface area contributed by atoms with Crippen LogP contribution in [-0.4, -0.2) is 52.0 Å². The summed E-state index contributed by atoms with van der Waals surface area (Å²) in [7, 11) is 3.55. The molecule has 0 saturated carbocycles. The smallest absolute Gasteiger partial charge is 0.0589 e. The molecular weight excluding hydrogens is 178 g/mol. The fraction of sp³-hybridized carbons (Fsp3) is 1.00. The molecule has 14 heavy (non-hydrogen) atoms. The first-order valence-corrected chi connectivity index (χ1v) is 5.57. The van der Waals surface area contributed by atoms with Crippen LogP contribution in [0.4, 0.5) is 0 Å². The van der Waals surface area contributed by atoms with E-state index in [0.29, 0.717) is 0 Å². The summed E-state index contributed by atoms with van der Waals surface area (Å²) in [6.07, 6.45) is 3.91. The summed E-state index contributed by atoms with van der Waals surface area (Å²) in [5.41, 5.74) is 0. The standard InChI is InChI=1S/C11H23NO2/c1-13-8-5-11-4-3-6-12(10-11)7-9-14-2/h11H,3-10H2,1-2H3/t11-/m0/s1. The lowest BCUT2D eigenvalue weighted by Crippen LogP contribution is -2.37. The first kappa shape index (κ1) is 12.0. The van der Waals surface area contributed by atoms with Gasteiger partial charge in [-0.2, -0.15) is 0 Å². The summed E-state index contributed by atoms with van der Waals surface area (Å²) >= 11 is 0. The van der Waals surface area contributed by atoms with Crippen LogP contribution in [0.25, 0.3) is 0 Å². The Morgan fingerprint density at radius 3 is 2.71 bits per heavy atom. The number of likely N-dealkylation sites (tertiary alicyclic amines) is 1. The fourth-order valence-corrected chi connectivity index (χ4v) is 2.09. The van der Waals surface area contributed by atoms with Gasteiger partial charge in [-0.3, -0.25) is 0 Å². The number of nitrogens with zero attached hydrogens (tertiary/aromatic N) is 1. The van der Waals surface area contributed by atoms with Gasteiger partial charge >= 0.3 is 0 Å². The lowest BCUT2D eigenvalue weighted by atomic mass is 9.95. The Balaban J connectivity index is 2.14. The van der Waals surface area contributed by atoms with Crippen LogP contribution in [-0.2, 0) is 9.47 Å². The quantitative estimate of drug-likeness (QED) is 0.648. The highest BCUT2D eigenvalue weighted by Crippen LogP contribution is 2.19. The van der Waals surface area contributed by atoms with Crippen LogP contribution in [0.1, 0.15) is 19.3 Å². The highest BCUT2D eigenvalue weighted by Gasteiger charge is 2.18. The summed E-state index contributed by atoms with van der Waals surface area (Å²) in [4.78, 5) is 2.51. The van der Waals surface area contributed by atoms with Crippen LogP contribution in [0.15, 0.2) is 0 Å². The van der Waals surface area contributed by atoms with Crippen LogP contribution in [0.3, 0.4) is 0 Å². The number of hydrogen-bond acceptors (Lipinski definition) is 3. The summed E-state index contributed by atoms with van der Waals surface area (Å²) in [5, 5.41) is 0. The van der Waals surface area contributed by atoms with Crippen molar-refractivity contribution >= 4 is 0 Å². The minimum Gasteiger partial charge on any atom is -0.385 e. The van der Waals surface area contributed by atoms with Crippen molar-refractivity contribution in [3.05, 3.63) is 0 Å². The first-order chi connectivity index (χ1) is 6.86. The number of methoxy groups -OCH3 is 2. The molecule has 0 aromatic carbocycles. The van der Waals surface area contributed by atoms with Crippen LogP contribution >= 0.6 is 0 Å². The predicted molar refractivity (Wildman–Crippen MR) is 57.5 cm³/mol. The molecule has 0 amide bonds. The number of hydrogen-bond donors (Lipinski definition) is 0. The van der Waals surface area contributed by atoms with E-state index in [9.17, 15) is 0 Å². The minimum absolute atomic E-state index is 0.834. The molecule has 0 spiro atoms. The van der Waals surface area contributed by atoms with Gasteiger partial charge in [-0.15, -0.1) is 0 Å². The first-order valence-electron chi connectivity index (χ1n) is 5.57. The number of rotatable bonds is 6. The van der Waals surface area contributed by atoms with Crippen molar-refractivity contribution in [3.63, 3.8) is 0 Å². The van der Waals surface area contributed by atoms with E-state index < -0.39 is 0 Å². The van der Waals surface area contributed by atoms with Crippen molar-refractivity contribution in [2.24, 2.45) is 5.92 Å². The van der Waals surface area contributed by atoms with Gasteiger partial charge in [0.25, 0.3) is 0 Å². The molecule has 1 saturated heterocycles. The third kappa shape index (κ3) is 4.40. The largest absolute Gasteiger partial charge is 0.385 e. The highest BCUT2D eigenvalue weighted by atomic mass is 16.5. The Morgan fingerprint density at radius 2 is 2.00 bits per heavy atom. The van der Waals surface area contributed by atoms with Crippen molar-refractivity contribution in [3.8, 4) is 0 Å². The Kier molecular flexibility index (Phi) is 6.15. The van der Waals surface area contributed by atoms with E-state index >= 15 is 0 Å². The Morgan fingerprint density at radius 1 is 1.21 bits per heavy atom. The van der Waals surface area contributed by atoms with Crippen molar-refractivity contribution < 1.29 is 9.47 Å². The zero-order chi connectivity index (χ0) is 10.2. The van der Waals surface area contributed by atoms with Gasteiger partial charge in [0.05, 0.1) is 6.61 Å². The summed E-state index contributed by atoms with van der Waals surface area (Å²) in [5.74, 6) is 0.834. The van der Waals surface area contributed by atoms with E-state index in [1.54, 1.807) is 14.2 Å². The molecule has 84 valence electrons. The molecule has 1 aliphatic heterocycles. The average molecular weight is 201 g/mol. The molecule has 1 heterocycles. The van der Waals surface area contributed by atoms with E-state index in [2.05, 4.69) is 4.90 Å². The van der Waals surface area contributed by atoms with Crippen molar-refractivity contribution in [1.29, 1.82) is 0 Å². The van der Waals surface area contributed by atoms with Crippen LogP contribution in [0, 0.1) is 5.92 Å². The van der Waals surface area contributed by atoms with Gasteiger partial charge in [0.1, 0.15) is 0 Å². The minimum atomic E-state index is 0.834. The maximum Gasteiger partial charge on any atom is 0.0589 e. The maximum atomic E-state index is 5.12. The molecule has 0 radical (unpaired) electrons. The zero-order valence-electron chi connectivity index (χ0n) is 9.50. The second kappa shape index (κ2) is 7.21. The molecule has 3 nitrogen and oxygen atoms in total. The average Bonchev–Trinajstić information content (AvgIpc) is 2.24. The third-order valence-electron chi connectivity index (χ3n) is 2.94. The molecular formula is C11H23NO2. The molecule has 0 aromatic rings. The topological polar surface area (TPSA) is 21.7 Å². The summed E-state index contributed by atoms with van der Waals surface area (Å²) in [6, 6.07) is 0. The van der Waals surface area contributed by atoms with Crippen molar-refractivity contribution in [1.82, 2.24) is 4.90 Å². The summed E-state index contributed by atoms with van der Waals surface area (Å²) in [6.45, 7) is 5.32. The molecule has 1 atom stereocenters. The third-order valence-corrected chi connectivity index (χ3v) is 2.94. The van der Waals surface area contributed by atoms with Crippen LogP contribution in [0.2, 0.25) is 0 Å². The van der Waals surface area contributed by atoms with Gasteiger partial charge in [-0.25, -0.2) is 0 Å². The molecule has 0 bridgehead atoms. The molecule has 0 N–H and O–H groups in total. The van der Waals surface area contributed by atoms with Gasteiger partial charge in [0, 0.05) is 33.9 Å². The van der Waals surface area contributed by atoms with Gasteiger partial charge in [0.15, 0.2) is 0 Å². The van der Waals surface area contributed by atoms with E-state index in [1.165, 1.54) is 32.4 Å². The lowest BCUT2D eigenvalue weighted by molar-refractivity contribution is 0.0980. The number of ether oxygens (including phenoxy) is 2. The van der Waals surface area contributed by atoms with Gasteiger partial charge < -0.3 is 14.4 Å². The molecule has 1 fully saturated rings. The van der Waals surface area contributed by atoms with Gasteiger partial charge in [0.2, 0.25) is 0 Å². The van der Waals surface area contributed by atoms with E-state index in [-0.39, 0.29) is 0 Å². The maximum absolute atomic E-state index is 5.12. The Hall–Kier alpha value is -0.120. The molecule has 3 heteroatoms. The number of piperidine rings is 1. The molecule has 0 unspecified atom stereocenters. The van der Waals surface area contributed by atoms with Crippen LogP contribution < -0.4 is 0 Å². The van der Waals surface area contributed by atoms with Crippen molar-refractivity contribution in [2.45, 2.75) is 19.3 Å². The monoisotopic (exact) mass is 201 g/mol. The van der Waals surface area contributed by atoms with Gasteiger partial charge in [-0.1, -0.05) is 0 Å². The predicted octanol–water partition coefficient (Wildman–Crippen LogP) is 1.38. The molecule has 1 rings (SSSR count). The molecule has 0 aromatic heterocycles. The second-order valence-corrected chi connectivity index (χ2v) is 4.08. The lowest BCUT2D eigenvalue weighted by Gasteiger charge is -2.32. The van der Waals surface area contributed by atoms with E-state index in [1.807, 2.05) is 0 Å². The van der Waals surface area contributed by atoms with Gasteiger partial charge in [-0.05, 0) is 31.7 Å². The normalized spacial score (nSPS) is 24.0. The highest BCUT2D eigenvalue weighted by molar-refractivity contribution is 4.72. The second-order valence-electron chi connectivity index (χ2n) is 4.08. The van der Waals surface area contributed by atoms with Crippen LogP contribution in [0.5, 0.6) is 0 Å².